The Kier molecular flexibility index (Phi) is 5.98. The van der Waals surface area contributed by atoms with Crippen molar-refractivity contribution in [1.29, 1.82) is 0 Å². The summed E-state index contributed by atoms with van der Waals surface area (Å²) in [5, 5.41) is 13.6. The first-order valence-electron chi connectivity index (χ1n) is 11.0. The van der Waals surface area contributed by atoms with Gasteiger partial charge in [-0.1, -0.05) is 6.07 Å². The first-order valence-corrected chi connectivity index (χ1v) is 11.0. The van der Waals surface area contributed by atoms with Gasteiger partial charge in [0, 0.05) is 54.4 Å². The van der Waals surface area contributed by atoms with Gasteiger partial charge in [0.05, 0.1) is 12.3 Å². The van der Waals surface area contributed by atoms with E-state index in [0.717, 1.165) is 41.8 Å². The Morgan fingerprint density at radius 1 is 1.12 bits per heavy atom. The third-order valence-corrected chi connectivity index (χ3v) is 5.87. The average Bonchev–Trinajstić information content (AvgIpc) is 3.46. The Bertz CT molecular complexity index is 1070. The van der Waals surface area contributed by atoms with E-state index in [2.05, 4.69) is 25.8 Å². The van der Waals surface area contributed by atoms with Gasteiger partial charge in [0.15, 0.2) is 5.82 Å². The van der Waals surface area contributed by atoms with Gasteiger partial charge < -0.3 is 20.1 Å². The Morgan fingerprint density at radius 2 is 2.09 bits per heavy atom. The SMILES string of the molecule is O=C1NCCCOCc2nc(ccc2-c2cccnc2)Nc2cc([nH]n2)[C@H]2CC[C@H](C2)O1. The summed E-state index contributed by atoms with van der Waals surface area (Å²) in [4.78, 5) is 21.1. The van der Waals surface area contributed by atoms with Crippen LogP contribution in [0.2, 0.25) is 0 Å². The number of alkyl carbamates (subject to hydrolysis) is 1. The number of fused-ring (bicyclic) bond motifs is 7. The molecule has 9 nitrogen and oxygen atoms in total. The van der Waals surface area contributed by atoms with Gasteiger partial charge in [0.1, 0.15) is 11.9 Å². The summed E-state index contributed by atoms with van der Waals surface area (Å²) in [5.74, 6) is 1.70. The molecule has 1 saturated carbocycles. The summed E-state index contributed by atoms with van der Waals surface area (Å²) < 4.78 is 11.4. The topological polar surface area (TPSA) is 114 Å². The number of nitrogens with zero attached hydrogens (tertiary/aromatic N) is 3. The van der Waals surface area contributed by atoms with E-state index < -0.39 is 0 Å². The Morgan fingerprint density at radius 3 is 3.00 bits per heavy atom. The zero-order chi connectivity index (χ0) is 21.8. The minimum absolute atomic E-state index is 0.0703. The Balaban J connectivity index is 1.41. The minimum atomic E-state index is -0.364. The summed E-state index contributed by atoms with van der Waals surface area (Å²) in [5.41, 5.74) is 3.80. The first kappa shape index (κ1) is 20.4. The summed E-state index contributed by atoms with van der Waals surface area (Å²) >= 11 is 0. The standard InChI is InChI=1S/C23H26N6O3/c30-23-25-9-2-10-31-14-20-18(16-3-1-8-24-13-16)6-7-21(26-20)27-22-12-19(28-29-22)15-4-5-17(11-15)32-23/h1,3,6-8,12-13,15,17H,2,4-5,9-11,14H2,(H,25,30)(H2,26,27,28,29)/t15-,17+/m0/s1. The number of aromatic amines is 1. The monoisotopic (exact) mass is 434 g/mol. The molecule has 0 aromatic carbocycles. The van der Waals surface area contributed by atoms with Crippen LogP contribution in [0.25, 0.3) is 11.1 Å². The number of hydrogen-bond acceptors (Lipinski definition) is 7. The predicted molar refractivity (Wildman–Crippen MR) is 118 cm³/mol. The molecule has 1 amide bonds. The van der Waals surface area contributed by atoms with Crippen LogP contribution in [-0.2, 0) is 16.1 Å². The molecule has 0 saturated heterocycles. The van der Waals surface area contributed by atoms with Gasteiger partial charge in [-0.15, -0.1) is 0 Å². The van der Waals surface area contributed by atoms with E-state index in [9.17, 15) is 4.79 Å². The van der Waals surface area contributed by atoms with Crippen LogP contribution in [0.4, 0.5) is 16.4 Å². The Hall–Kier alpha value is -3.46. The summed E-state index contributed by atoms with van der Waals surface area (Å²) in [6.45, 7) is 1.35. The minimum Gasteiger partial charge on any atom is -0.446 e. The number of rotatable bonds is 1. The van der Waals surface area contributed by atoms with Crippen molar-refractivity contribution in [2.24, 2.45) is 0 Å². The van der Waals surface area contributed by atoms with E-state index in [1.54, 1.807) is 6.20 Å². The van der Waals surface area contributed by atoms with Crippen molar-refractivity contribution in [3.05, 3.63) is 54.1 Å². The van der Waals surface area contributed by atoms with Crippen molar-refractivity contribution in [3.63, 3.8) is 0 Å². The second kappa shape index (κ2) is 9.35. The number of carbonyl (C=O) groups is 1. The molecule has 166 valence electrons. The second-order valence-corrected chi connectivity index (χ2v) is 8.14. The Labute approximate surface area is 186 Å². The van der Waals surface area contributed by atoms with E-state index >= 15 is 0 Å². The molecule has 3 aromatic heterocycles. The van der Waals surface area contributed by atoms with Crippen LogP contribution >= 0.6 is 0 Å². The molecular weight excluding hydrogens is 408 g/mol. The van der Waals surface area contributed by atoms with Crippen LogP contribution in [0.15, 0.2) is 42.7 Å². The van der Waals surface area contributed by atoms with Gasteiger partial charge in [-0.3, -0.25) is 10.1 Å². The third-order valence-electron chi connectivity index (χ3n) is 5.87. The molecule has 3 N–H and O–H groups in total. The summed E-state index contributed by atoms with van der Waals surface area (Å²) in [6, 6.07) is 9.87. The van der Waals surface area contributed by atoms with Crippen molar-refractivity contribution in [2.75, 3.05) is 18.5 Å². The van der Waals surface area contributed by atoms with Gasteiger partial charge in [0.25, 0.3) is 0 Å². The van der Waals surface area contributed by atoms with E-state index in [1.165, 1.54) is 0 Å². The van der Waals surface area contributed by atoms with E-state index in [-0.39, 0.29) is 12.2 Å². The van der Waals surface area contributed by atoms with Crippen LogP contribution in [-0.4, -0.2) is 45.5 Å². The molecule has 6 bridgehead atoms. The normalized spacial score (nSPS) is 21.6. The molecule has 2 atom stereocenters. The van der Waals surface area contributed by atoms with Crippen molar-refractivity contribution in [2.45, 2.75) is 44.3 Å². The second-order valence-electron chi connectivity index (χ2n) is 8.14. The third kappa shape index (κ3) is 4.72. The largest absolute Gasteiger partial charge is 0.446 e. The van der Waals surface area contributed by atoms with Gasteiger partial charge in [-0.05, 0) is 43.9 Å². The fourth-order valence-electron chi connectivity index (χ4n) is 4.26. The number of pyridine rings is 2. The molecular formula is C23H26N6O3. The van der Waals surface area contributed by atoms with Crippen molar-refractivity contribution < 1.29 is 14.3 Å². The average molecular weight is 435 g/mol. The van der Waals surface area contributed by atoms with E-state index in [1.807, 2.05) is 36.5 Å². The zero-order valence-corrected chi connectivity index (χ0v) is 17.7. The molecule has 1 fully saturated rings. The number of aromatic nitrogens is 4. The highest BCUT2D eigenvalue weighted by molar-refractivity contribution is 5.68. The number of anilines is 2. The zero-order valence-electron chi connectivity index (χ0n) is 17.7. The van der Waals surface area contributed by atoms with Crippen molar-refractivity contribution in [3.8, 4) is 11.1 Å². The van der Waals surface area contributed by atoms with Crippen LogP contribution in [0.1, 0.15) is 43.0 Å². The van der Waals surface area contributed by atoms with E-state index in [4.69, 9.17) is 14.5 Å². The molecule has 32 heavy (non-hydrogen) atoms. The molecule has 1 aliphatic heterocycles. The fourth-order valence-corrected chi connectivity index (χ4v) is 4.26. The maximum atomic E-state index is 12.1. The lowest BCUT2D eigenvalue weighted by Gasteiger charge is -2.14. The van der Waals surface area contributed by atoms with Crippen LogP contribution in [0.5, 0.6) is 0 Å². The lowest BCUT2D eigenvalue weighted by molar-refractivity contribution is 0.0957. The highest BCUT2D eigenvalue weighted by Gasteiger charge is 2.30. The molecule has 4 heterocycles. The van der Waals surface area contributed by atoms with Crippen LogP contribution in [0, 0.1) is 0 Å². The number of carbonyl (C=O) groups excluding carboxylic acids is 1. The van der Waals surface area contributed by atoms with Crippen LogP contribution in [0.3, 0.4) is 0 Å². The fraction of sp³-hybridized carbons (Fsp3) is 0.391. The number of H-pyrrole nitrogens is 1. The van der Waals surface area contributed by atoms with Gasteiger partial charge >= 0.3 is 6.09 Å². The highest BCUT2D eigenvalue weighted by Crippen LogP contribution is 2.36. The highest BCUT2D eigenvalue weighted by atomic mass is 16.6. The number of hydrogen-bond donors (Lipinski definition) is 3. The molecule has 1 aliphatic carbocycles. The van der Waals surface area contributed by atoms with Gasteiger partial charge in [0.2, 0.25) is 0 Å². The molecule has 9 heteroatoms. The molecule has 0 radical (unpaired) electrons. The maximum absolute atomic E-state index is 12.1. The smallest absolute Gasteiger partial charge is 0.407 e. The van der Waals surface area contributed by atoms with E-state index in [0.29, 0.717) is 43.7 Å². The number of nitrogens with one attached hydrogen (secondary N) is 3. The van der Waals surface area contributed by atoms with Gasteiger partial charge in [-0.2, -0.15) is 5.10 Å². The lowest BCUT2D eigenvalue weighted by atomic mass is 10.0. The first-order chi connectivity index (χ1) is 15.7. The summed E-state index contributed by atoms with van der Waals surface area (Å²) in [6.07, 6.45) is 6.42. The number of ether oxygens (including phenoxy) is 2. The van der Waals surface area contributed by atoms with Crippen molar-refractivity contribution in [1.82, 2.24) is 25.5 Å². The summed E-state index contributed by atoms with van der Waals surface area (Å²) in [7, 11) is 0. The van der Waals surface area contributed by atoms with Gasteiger partial charge in [-0.25, -0.2) is 9.78 Å². The quantitative estimate of drug-likeness (QED) is 0.532. The maximum Gasteiger partial charge on any atom is 0.407 e. The molecule has 2 aliphatic rings. The molecule has 5 rings (SSSR count). The van der Waals surface area contributed by atoms with Crippen LogP contribution < -0.4 is 10.6 Å². The lowest BCUT2D eigenvalue weighted by Crippen LogP contribution is -2.29. The molecule has 3 aromatic rings. The predicted octanol–water partition coefficient (Wildman–Crippen LogP) is 3.89. The van der Waals surface area contributed by atoms with Crippen molar-refractivity contribution >= 4 is 17.7 Å². The molecule has 0 spiro atoms. The number of amides is 1. The molecule has 0 unspecified atom stereocenters.